The van der Waals surface area contributed by atoms with Gasteiger partial charge in [0.25, 0.3) is 0 Å². The summed E-state index contributed by atoms with van der Waals surface area (Å²) in [6, 6.07) is 10.2. The van der Waals surface area contributed by atoms with E-state index in [0.717, 1.165) is 25.1 Å². The van der Waals surface area contributed by atoms with Crippen molar-refractivity contribution in [2.24, 2.45) is 5.92 Å². The van der Waals surface area contributed by atoms with E-state index in [0.29, 0.717) is 11.7 Å². The van der Waals surface area contributed by atoms with Gasteiger partial charge in [0.15, 0.2) is 0 Å². The highest BCUT2D eigenvalue weighted by molar-refractivity contribution is 5.52. The predicted molar refractivity (Wildman–Crippen MR) is 80.3 cm³/mol. The molecule has 0 amide bonds. The Hall–Kier alpha value is -1.75. The molecular formula is C15H23N5. The lowest BCUT2D eigenvalue weighted by Gasteiger charge is -2.18. The Balaban J connectivity index is 2.01. The van der Waals surface area contributed by atoms with Crippen LogP contribution in [0.25, 0.3) is 11.4 Å². The summed E-state index contributed by atoms with van der Waals surface area (Å²) >= 11 is 0. The van der Waals surface area contributed by atoms with Crippen molar-refractivity contribution in [1.29, 1.82) is 0 Å². The second-order valence-electron chi connectivity index (χ2n) is 5.22. The number of tetrazole rings is 1. The fraction of sp³-hybridized carbons (Fsp3) is 0.533. The van der Waals surface area contributed by atoms with Crippen molar-refractivity contribution in [3.05, 3.63) is 30.3 Å². The summed E-state index contributed by atoms with van der Waals surface area (Å²) in [4.78, 5) is 1.72. The van der Waals surface area contributed by atoms with Crippen molar-refractivity contribution in [2.45, 2.75) is 33.2 Å². The van der Waals surface area contributed by atoms with Gasteiger partial charge in [0.2, 0.25) is 5.82 Å². The molecule has 0 aliphatic heterocycles. The molecule has 0 aliphatic carbocycles. The molecule has 0 radical (unpaired) electrons. The number of hydrogen-bond donors (Lipinski definition) is 1. The lowest BCUT2D eigenvalue weighted by Crippen LogP contribution is -2.28. The fourth-order valence-corrected chi connectivity index (χ4v) is 2.01. The van der Waals surface area contributed by atoms with Crippen molar-refractivity contribution >= 4 is 0 Å². The molecule has 0 saturated carbocycles. The van der Waals surface area contributed by atoms with Crippen LogP contribution in [0.3, 0.4) is 0 Å². The summed E-state index contributed by atoms with van der Waals surface area (Å²) in [7, 11) is 0. The van der Waals surface area contributed by atoms with Crippen LogP contribution in [-0.2, 0) is 0 Å². The normalized spacial score (nSPS) is 14.2. The molecule has 1 aromatic carbocycles. The van der Waals surface area contributed by atoms with Crippen molar-refractivity contribution in [1.82, 2.24) is 25.5 Å². The van der Waals surface area contributed by atoms with E-state index in [2.05, 4.69) is 41.5 Å². The Labute approximate surface area is 120 Å². The number of nitrogens with zero attached hydrogens (tertiary/aromatic N) is 4. The van der Waals surface area contributed by atoms with Crippen LogP contribution in [0.2, 0.25) is 0 Å². The second kappa shape index (κ2) is 7.14. The van der Waals surface area contributed by atoms with E-state index in [9.17, 15) is 0 Å². The molecule has 1 heterocycles. The third-order valence-electron chi connectivity index (χ3n) is 3.54. The minimum Gasteiger partial charge on any atom is -0.316 e. The van der Waals surface area contributed by atoms with Crippen molar-refractivity contribution in [2.75, 3.05) is 13.1 Å². The Morgan fingerprint density at radius 2 is 1.95 bits per heavy atom. The van der Waals surface area contributed by atoms with Gasteiger partial charge in [-0.05, 0) is 37.6 Å². The largest absolute Gasteiger partial charge is 0.316 e. The SMILES string of the molecule is CCCNCC(C)C(C)n1nnc(-c2ccccc2)n1. The van der Waals surface area contributed by atoms with E-state index in [1.54, 1.807) is 4.80 Å². The van der Waals surface area contributed by atoms with E-state index < -0.39 is 0 Å². The first-order valence-corrected chi connectivity index (χ1v) is 7.28. The molecule has 0 aliphatic rings. The molecule has 1 N–H and O–H groups in total. The van der Waals surface area contributed by atoms with Crippen LogP contribution in [0.1, 0.15) is 33.2 Å². The molecule has 2 atom stereocenters. The first-order valence-electron chi connectivity index (χ1n) is 7.28. The van der Waals surface area contributed by atoms with Gasteiger partial charge in [-0.3, -0.25) is 0 Å². The van der Waals surface area contributed by atoms with Crippen LogP contribution in [0.4, 0.5) is 0 Å². The van der Waals surface area contributed by atoms with Gasteiger partial charge in [-0.1, -0.05) is 44.2 Å². The Morgan fingerprint density at radius 1 is 1.20 bits per heavy atom. The van der Waals surface area contributed by atoms with E-state index >= 15 is 0 Å². The average Bonchev–Trinajstić information content (AvgIpc) is 2.97. The summed E-state index contributed by atoms with van der Waals surface area (Å²) in [5.41, 5.74) is 1.00. The van der Waals surface area contributed by atoms with Crippen LogP contribution in [0.5, 0.6) is 0 Å². The number of nitrogens with one attached hydrogen (secondary N) is 1. The monoisotopic (exact) mass is 273 g/mol. The summed E-state index contributed by atoms with van der Waals surface area (Å²) in [6.07, 6.45) is 1.15. The van der Waals surface area contributed by atoms with Crippen molar-refractivity contribution in [3.8, 4) is 11.4 Å². The molecule has 0 fully saturated rings. The molecule has 2 rings (SSSR count). The number of benzene rings is 1. The smallest absolute Gasteiger partial charge is 0.204 e. The van der Waals surface area contributed by atoms with Gasteiger partial charge >= 0.3 is 0 Å². The Bertz CT molecular complexity index is 508. The van der Waals surface area contributed by atoms with Gasteiger partial charge in [0, 0.05) is 5.56 Å². The third-order valence-corrected chi connectivity index (χ3v) is 3.54. The average molecular weight is 273 g/mol. The summed E-state index contributed by atoms with van der Waals surface area (Å²) in [5.74, 6) is 1.14. The highest BCUT2D eigenvalue weighted by atomic mass is 15.6. The molecule has 2 unspecified atom stereocenters. The van der Waals surface area contributed by atoms with E-state index in [1.165, 1.54) is 0 Å². The molecule has 5 nitrogen and oxygen atoms in total. The molecular weight excluding hydrogens is 250 g/mol. The maximum Gasteiger partial charge on any atom is 0.204 e. The van der Waals surface area contributed by atoms with Gasteiger partial charge in [0.1, 0.15) is 0 Å². The van der Waals surface area contributed by atoms with Crippen molar-refractivity contribution < 1.29 is 0 Å². The lowest BCUT2D eigenvalue weighted by molar-refractivity contribution is 0.305. The van der Waals surface area contributed by atoms with Crippen LogP contribution >= 0.6 is 0 Å². The zero-order valence-electron chi connectivity index (χ0n) is 12.5. The van der Waals surface area contributed by atoms with Crippen LogP contribution < -0.4 is 5.32 Å². The van der Waals surface area contributed by atoms with Gasteiger partial charge in [-0.2, -0.15) is 4.80 Å². The van der Waals surface area contributed by atoms with Crippen molar-refractivity contribution in [3.63, 3.8) is 0 Å². The standard InChI is InChI=1S/C15H23N5/c1-4-10-16-11-12(2)13(3)20-18-15(17-19-20)14-8-6-5-7-9-14/h5-9,12-13,16H,4,10-11H2,1-3H3. The molecule has 108 valence electrons. The minimum absolute atomic E-state index is 0.226. The predicted octanol–water partition coefficient (Wildman–Crippen LogP) is 2.54. The third kappa shape index (κ3) is 3.63. The Kier molecular flexibility index (Phi) is 5.24. The van der Waals surface area contributed by atoms with Gasteiger partial charge in [-0.15, -0.1) is 10.2 Å². The fourth-order valence-electron chi connectivity index (χ4n) is 2.01. The topological polar surface area (TPSA) is 55.6 Å². The zero-order valence-corrected chi connectivity index (χ0v) is 12.5. The van der Waals surface area contributed by atoms with Gasteiger partial charge in [0.05, 0.1) is 6.04 Å². The molecule has 2 aromatic rings. The Morgan fingerprint density at radius 3 is 2.65 bits per heavy atom. The van der Waals surface area contributed by atoms with Crippen LogP contribution in [-0.4, -0.2) is 33.3 Å². The lowest BCUT2D eigenvalue weighted by atomic mass is 10.0. The second-order valence-corrected chi connectivity index (χ2v) is 5.22. The van der Waals surface area contributed by atoms with Crippen LogP contribution in [0, 0.1) is 5.92 Å². The molecule has 0 saturated heterocycles. The quantitative estimate of drug-likeness (QED) is 0.788. The molecule has 5 heteroatoms. The highest BCUT2D eigenvalue weighted by Gasteiger charge is 2.17. The van der Waals surface area contributed by atoms with Crippen LogP contribution in [0.15, 0.2) is 30.3 Å². The highest BCUT2D eigenvalue weighted by Crippen LogP contribution is 2.17. The molecule has 0 bridgehead atoms. The van der Waals surface area contributed by atoms with E-state index in [1.807, 2.05) is 30.3 Å². The number of hydrogen-bond acceptors (Lipinski definition) is 4. The number of rotatable bonds is 7. The molecule has 0 spiro atoms. The zero-order chi connectivity index (χ0) is 14.4. The maximum absolute atomic E-state index is 4.50. The number of aromatic nitrogens is 4. The minimum atomic E-state index is 0.226. The summed E-state index contributed by atoms with van der Waals surface area (Å²) < 4.78 is 0. The van der Waals surface area contributed by atoms with E-state index in [4.69, 9.17) is 0 Å². The molecule has 20 heavy (non-hydrogen) atoms. The summed E-state index contributed by atoms with van der Waals surface area (Å²) in [5, 5.41) is 16.3. The first kappa shape index (κ1) is 14.7. The maximum atomic E-state index is 4.50. The van der Waals surface area contributed by atoms with Gasteiger partial charge < -0.3 is 5.32 Å². The van der Waals surface area contributed by atoms with E-state index in [-0.39, 0.29) is 6.04 Å². The van der Waals surface area contributed by atoms with Gasteiger partial charge in [-0.25, -0.2) is 0 Å². The summed E-state index contributed by atoms with van der Waals surface area (Å²) in [6.45, 7) is 8.54. The molecule has 1 aromatic heterocycles. The first-order chi connectivity index (χ1) is 9.72.